The lowest BCUT2D eigenvalue weighted by atomic mass is 9.89. The molecule has 0 aliphatic carbocycles. The minimum atomic E-state index is -1.50. The number of hydrogen-bond donors (Lipinski definition) is 0. The Morgan fingerprint density at radius 2 is 1.91 bits per heavy atom. The first kappa shape index (κ1) is 21.2. The highest BCUT2D eigenvalue weighted by atomic mass is 19.2. The van der Waals surface area contributed by atoms with Gasteiger partial charge in [0, 0.05) is 36.6 Å². The van der Waals surface area contributed by atoms with Gasteiger partial charge in [0.1, 0.15) is 11.3 Å². The van der Waals surface area contributed by atoms with E-state index in [0.717, 1.165) is 17.7 Å². The summed E-state index contributed by atoms with van der Waals surface area (Å²) in [6, 6.07) is 6.83. The first-order chi connectivity index (χ1) is 15.8. The number of rotatable bonds is 3. The fraction of sp³-hybridized carbons (Fsp3) is 0.292. The van der Waals surface area contributed by atoms with Crippen LogP contribution in [0, 0.1) is 17.5 Å². The van der Waals surface area contributed by atoms with Crippen molar-refractivity contribution in [3.8, 4) is 11.3 Å². The van der Waals surface area contributed by atoms with Crippen molar-refractivity contribution in [3.05, 3.63) is 77.1 Å². The van der Waals surface area contributed by atoms with Gasteiger partial charge in [0.25, 0.3) is 5.91 Å². The first-order valence-corrected chi connectivity index (χ1v) is 10.8. The number of aromatic nitrogens is 4. The number of aryl methyl sites for hydroxylation is 1. The fourth-order valence-electron chi connectivity index (χ4n) is 4.90. The van der Waals surface area contributed by atoms with E-state index in [-0.39, 0.29) is 23.6 Å². The van der Waals surface area contributed by atoms with E-state index in [0.29, 0.717) is 35.6 Å². The van der Waals surface area contributed by atoms with Gasteiger partial charge in [-0.15, -0.1) is 0 Å². The Bertz CT molecular complexity index is 1370. The third-order valence-corrected chi connectivity index (χ3v) is 6.43. The van der Waals surface area contributed by atoms with Crippen LogP contribution in [-0.4, -0.2) is 36.0 Å². The molecular formula is C24H22F3N5O. The van der Waals surface area contributed by atoms with E-state index in [1.54, 1.807) is 40.7 Å². The molecule has 170 valence electrons. The summed E-state index contributed by atoms with van der Waals surface area (Å²) >= 11 is 0. The van der Waals surface area contributed by atoms with Crippen molar-refractivity contribution in [2.24, 2.45) is 7.05 Å². The average Bonchev–Trinajstić information content (AvgIpc) is 3.40. The highest BCUT2D eigenvalue weighted by molar-refractivity contribution is 5.94. The lowest BCUT2D eigenvalue weighted by Crippen LogP contribution is -2.46. The number of imidazole rings is 1. The summed E-state index contributed by atoms with van der Waals surface area (Å²) in [5.74, 6) is -4.14. The van der Waals surface area contributed by atoms with Crippen LogP contribution >= 0.6 is 0 Å². The molecule has 1 aliphatic heterocycles. The van der Waals surface area contributed by atoms with Crippen molar-refractivity contribution in [2.45, 2.75) is 38.8 Å². The molecule has 3 aromatic heterocycles. The molecule has 33 heavy (non-hydrogen) atoms. The molecule has 0 bridgehead atoms. The summed E-state index contributed by atoms with van der Waals surface area (Å²) < 4.78 is 44.8. The Hall–Kier alpha value is -3.62. The highest BCUT2D eigenvalue weighted by Crippen LogP contribution is 2.40. The summed E-state index contributed by atoms with van der Waals surface area (Å²) in [6.45, 7) is 3.89. The van der Waals surface area contributed by atoms with Crippen LogP contribution in [-0.2, 0) is 13.5 Å². The normalized spacial score (nSPS) is 18.1. The van der Waals surface area contributed by atoms with E-state index in [1.807, 2.05) is 24.8 Å². The van der Waals surface area contributed by atoms with Gasteiger partial charge in [0.2, 0.25) is 0 Å². The molecule has 9 heteroatoms. The van der Waals surface area contributed by atoms with Crippen LogP contribution in [0.25, 0.3) is 16.9 Å². The third kappa shape index (κ3) is 3.21. The van der Waals surface area contributed by atoms with Crippen LogP contribution in [0.1, 0.15) is 48.1 Å². The Morgan fingerprint density at radius 3 is 2.61 bits per heavy atom. The van der Waals surface area contributed by atoms with E-state index < -0.39 is 17.5 Å². The van der Waals surface area contributed by atoms with Crippen molar-refractivity contribution in [3.63, 3.8) is 0 Å². The van der Waals surface area contributed by atoms with E-state index >= 15 is 0 Å². The number of nitrogens with zero attached hydrogens (tertiary/aromatic N) is 5. The molecule has 0 fully saturated rings. The number of benzene rings is 1. The van der Waals surface area contributed by atoms with Gasteiger partial charge in [0.05, 0.1) is 17.4 Å². The summed E-state index contributed by atoms with van der Waals surface area (Å²) in [7, 11) is 1.68. The second-order valence-corrected chi connectivity index (χ2v) is 8.31. The summed E-state index contributed by atoms with van der Waals surface area (Å²) in [4.78, 5) is 19.8. The summed E-state index contributed by atoms with van der Waals surface area (Å²) in [5.41, 5.74) is 3.39. The molecule has 0 spiro atoms. The number of hydrogen-bond acceptors (Lipinski definition) is 3. The predicted octanol–water partition coefficient (Wildman–Crippen LogP) is 4.69. The van der Waals surface area contributed by atoms with Crippen LogP contribution < -0.4 is 0 Å². The smallest absolute Gasteiger partial charge is 0.271 e. The molecule has 1 aromatic carbocycles. The largest absolute Gasteiger partial charge is 0.326 e. The number of carbonyl (C=O) groups is 1. The molecule has 0 radical (unpaired) electrons. The molecule has 2 atom stereocenters. The van der Waals surface area contributed by atoms with Gasteiger partial charge in [-0.3, -0.25) is 13.9 Å². The average molecular weight is 453 g/mol. The molecule has 0 saturated heterocycles. The van der Waals surface area contributed by atoms with Gasteiger partial charge in [0.15, 0.2) is 17.5 Å². The number of halogens is 3. The van der Waals surface area contributed by atoms with Crippen molar-refractivity contribution < 1.29 is 18.0 Å². The van der Waals surface area contributed by atoms with Crippen molar-refractivity contribution in [1.29, 1.82) is 0 Å². The minimum absolute atomic E-state index is 0.144. The van der Waals surface area contributed by atoms with E-state index in [9.17, 15) is 18.0 Å². The van der Waals surface area contributed by atoms with Crippen LogP contribution in [0.15, 0.2) is 42.7 Å². The van der Waals surface area contributed by atoms with Gasteiger partial charge in [-0.2, -0.15) is 5.10 Å². The maximum absolute atomic E-state index is 14.0. The number of carbonyl (C=O) groups excluding carboxylic acids is 1. The molecule has 2 unspecified atom stereocenters. The van der Waals surface area contributed by atoms with Gasteiger partial charge < -0.3 is 4.90 Å². The van der Waals surface area contributed by atoms with Crippen LogP contribution in [0.2, 0.25) is 0 Å². The molecule has 0 saturated carbocycles. The van der Waals surface area contributed by atoms with Crippen molar-refractivity contribution in [2.75, 3.05) is 0 Å². The monoisotopic (exact) mass is 453 g/mol. The molecular weight excluding hydrogens is 431 g/mol. The van der Waals surface area contributed by atoms with Gasteiger partial charge in [-0.25, -0.2) is 18.2 Å². The lowest BCUT2D eigenvalue weighted by molar-refractivity contribution is 0.0538. The molecule has 4 aromatic rings. The second-order valence-electron chi connectivity index (χ2n) is 8.31. The van der Waals surface area contributed by atoms with Gasteiger partial charge >= 0.3 is 0 Å². The Labute approximate surface area is 188 Å². The van der Waals surface area contributed by atoms with Crippen LogP contribution in [0.4, 0.5) is 13.2 Å². The molecule has 0 N–H and O–H groups in total. The zero-order valence-electron chi connectivity index (χ0n) is 18.4. The summed E-state index contributed by atoms with van der Waals surface area (Å²) in [6.07, 6.45) is 4.54. The molecule has 5 rings (SSSR count). The lowest BCUT2D eigenvalue weighted by Gasteiger charge is -2.40. The van der Waals surface area contributed by atoms with Crippen molar-refractivity contribution in [1.82, 2.24) is 24.1 Å². The minimum Gasteiger partial charge on any atom is -0.326 e. The van der Waals surface area contributed by atoms with E-state index in [4.69, 9.17) is 0 Å². The fourth-order valence-corrected chi connectivity index (χ4v) is 4.90. The van der Waals surface area contributed by atoms with E-state index in [2.05, 4.69) is 10.1 Å². The van der Waals surface area contributed by atoms with Crippen LogP contribution in [0.3, 0.4) is 0 Å². The quantitative estimate of drug-likeness (QED) is 0.423. The molecule has 4 heterocycles. The van der Waals surface area contributed by atoms with E-state index in [1.165, 1.54) is 0 Å². The Balaban J connectivity index is 1.61. The van der Waals surface area contributed by atoms with Crippen LogP contribution in [0.5, 0.6) is 0 Å². The highest BCUT2D eigenvalue weighted by Gasteiger charge is 2.39. The number of pyridine rings is 1. The third-order valence-electron chi connectivity index (χ3n) is 6.43. The second kappa shape index (κ2) is 7.75. The maximum Gasteiger partial charge on any atom is 0.271 e. The Morgan fingerprint density at radius 1 is 1.18 bits per heavy atom. The molecule has 1 aliphatic rings. The first-order valence-electron chi connectivity index (χ1n) is 10.8. The number of amides is 1. The zero-order valence-corrected chi connectivity index (χ0v) is 18.4. The zero-order chi connectivity index (χ0) is 23.4. The predicted molar refractivity (Wildman–Crippen MR) is 116 cm³/mol. The SMILES string of the molecule is CCC1Cc2c(nn(C)c2-c2cc(F)c(F)c(F)c2)C(C)N1C(=O)c1cccc2nccn12. The molecule has 1 amide bonds. The molecule has 6 nitrogen and oxygen atoms in total. The maximum atomic E-state index is 14.0. The van der Waals surface area contributed by atoms with Gasteiger partial charge in [-0.1, -0.05) is 13.0 Å². The topological polar surface area (TPSA) is 55.4 Å². The van der Waals surface area contributed by atoms with Gasteiger partial charge in [-0.05, 0) is 44.0 Å². The summed E-state index contributed by atoms with van der Waals surface area (Å²) in [5, 5.41) is 4.60. The Kier molecular flexibility index (Phi) is 4.99. The number of fused-ring (bicyclic) bond motifs is 2. The van der Waals surface area contributed by atoms with Crippen molar-refractivity contribution >= 4 is 11.6 Å². The standard InChI is InChI=1S/C24H22F3N5O/c1-4-15-12-16-22(29-30(3)23(16)14-10-17(25)21(27)18(26)11-14)13(2)32(15)24(33)19-6-5-7-20-28-8-9-31(19)20/h5-11,13,15H,4,12H2,1-3H3.